The topological polar surface area (TPSA) is 66.2 Å². The van der Waals surface area contributed by atoms with Crippen LogP contribution in [0.2, 0.25) is 10.0 Å². The highest BCUT2D eigenvalue weighted by atomic mass is 35.5. The highest BCUT2D eigenvalue weighted by Crippen LogP contribution is 2.39. The molecule has 0 bridgehead atoms. The number of aromatic nitrogens is 3. The highest BCUT2D eigenvalue weighted by molar-refractivity contribution is 6.42. The lowest BCUT2D eigenvalue weighted by Gasteiger charge is -2.19. The minimum atomic E-state index is -3.60. The minimum absolute atomic E-state index is 0.00747. The second-order valence-electron chi connectivity index (χ2n) is 7.79. The Balaban J connectivity index is 1.73. The average molecular weight is 532 g/mol. The molecule has 10 heteroatoms. The lowest BCUT2D eigenvalue weighted by Crippen LogP contribution is -2.25. The van der Waals surface area contributed by atoms with Crippen LogP contribution in [-0.4, -0.2) is 34.7 Å². The van der Waals surface area contributed by atoms with Crippen LogP contribution >= 0.6 is 23.2 Å². The van der Waals surface area contributed by atoms with Crippen LogP contribution in [0, 0.1) is 0 Å². The van der Waals surface area contributed by atoms with Crippen molar-refractivity contribution in [1.29, 1.82) is 0 Å². The quantitative estimate of drug-likeness (QED) is 0.239. The van der Waals surface area contributed by atoms with E-state index in [0.717, 1.165) is 10.2 Å². The fourth-order valence-corrected chi connectivity index (χ4v) is 3.96. The van der Waals surface area contributed by atoms with E-state index in [1.165, 1.54) is 19.2 Å². The molecule has 0 spiro atoms. The third-order valence-electron chi connectivity index (χ3n) is 5.49. The Morgan fingerprint density at radius 1 is 0.972 bits per heavy atom. The van der Waals surface area contributed by atoms with Gasteiger partial charge in [0.15, 0.2) is 5.69 Å². The van der Waals surface area contributed by atoms with Crippen molar-refractivity contribution in [2.45, 2.75) is 19.4 Å². The number of rotatable bonds is 8. The highest BCUT2D eigenvalue weighted by Gasteiger charge is 2.43. The van der Waals surface area contributed by atoms with Crippen LogP contribution < -0.4 is 4.74 Å². The zero-order valence-corrected chi connectivity index (χ0v) is 20.9. The molecule has 0 saturated heterocycles. The fraction of sp³-hybridized carbons (Fsp3) is 0.192. The number of esters is 1. The second-order valence-corrected chi connectivity index (χ2v) is 8.61. The molecule has 4 aromatic rings. The summed E-state index contributed by atoms with van der Waals surface area (Å²) in [5.41, 5.74) is 0.530. The van der Waals surface area contributed by atoms with Crippen molar-refractivity contribution >= 4 is 29.2 Å². The van der Waals surface area contributed by atoms with Crippen LogP contribution in [0.15, 0.2) is 66.7 Å². The summed E-state index contributed by atoms with van der Waals surface area (Å²) in [4.78, 5) is 12.5. The Morgan fingerprint density at radius 2 is 1.64 bits per heavy atom. The molecule has 0 saturated carbocycles. The van der Waals surface area contributed by atoms with Gasteiger partial charge in [-0.1, -0.05) is 70.9 Å². The molecular formula is C26H21Cl2F2N3O3. The van der Waals surface area contributed by atoms with E-state index in [4.69, 9.17) is 32.7 Å². The number of halogens is 4. The summed E-state index contributed by atoms with van der Waals surface area (Å²) in [7, 11) is 1.53. The fourth-order valence-electron chi connectivity index (χ4n) is 3.66. The van der Waals surface area contributed by atoms with E-state index < -0.39 is 23.3 Å². The number of benzene rings is 3. The largest absolute Gasteiger partial charge is 0.497 e. The molecule has 0 atom stereocenters. The SMILES string of the molecule is CCOC(=O)c1nnn(Cc2ccc(OC)cc2)c1C(F)(F)c1ccc(-c2ccc(Cl)c(Cl)c2)cc1. The van der Waals surface area contributed by atoms with Crippen LogP contribution in [0.3, 0.4) is 0 Å². The maximum Gasteiger partial charge on any atom is 0.361 e. The van der Waals surface area contributed by atoms with Crippen LogP contribution in [-0.2, 0) is 17.2 Å². The first-order valence-corrected chi connectivity index (χ1v) is 11.7. The molecular weight excluding hydrogens is 511 g/mol. The van der Waals surface area contributed by atoms with Crippen molar-refractivity contribution in [1.82, 2.24) is 15.0 Å². The van der Waals surface area contributed by atoms with E-state index in [9.17, 15) is 4.79 Å². The molecule has 0 aliphatic carbocycles. The van der Waals surface area contributed by atoms with E-state index >= 15 is 8.78 Å². The van der Waals surface area contributed by atoms with Gasteiger partial charge in [0.1, 0.15) is 11.4 Å². The molecule has 0 unspecified atom stereocenters. The number of nitrogens with zero attached hydrogens (tertiary/aromatic N) is 3. The standard InChI is InChI=1S/C26H21Cl2F2N3O3/c1-3-36-25(34)23-24(33(32-31-23)15-16-4-11-20(35-2)12-5-16)26(29,30)19-9-6-17(7-10-19)18-8-13-21(27)22(28)14-18/h4-14H,3,15H2,1-2H3. The summed E-state index contributed by atoms with van der Waals surface area (Å²) in [6, 6.07) is 17.6. The van der Waals surface area contributed by atoms with Crippen molar-refractivity contribution < 1.29 is 23.0 Å². The lowest BCUT2D eigenvalue weighted by molar-refractivity contribution is 0.0280. The average Bonchev–Trinajstić information content (AvgIpc) is 3.31. The van der Waals surface area contributed by atoms with Gasteiger partial charge in [0.2, 0.25) is 0 Å². The molecule has 3 aromatic carbocycles. The van der Waals surface area contributed by atoms with E-state index in [1.54, 1.807) is 61.5 Å². The van der Waals surface area contributed by atoms with Crippen LogP contribution in [0.4, 0.5) is 8.78 Å². The number of hydrogen-bond donors (Lipinski definition) is 0. The van der Waals surface area contributed by atoms with Crippen molar-refractivity contribution in [2.75, 3.05) is 13.7 Å². The van der Waals surface area contributed by atoms with Gasteiger partial charge >= 0.3 is 11.9 Å². The van der Waals surface area contributed by atoms with Gasteiger partial charge in [-0.15, -0.1) is 5.10 Å². The van der Waals surface area contributed by atoms with Gasteiger partial charge in [-0.05, 0) is 47.9 Å². The van der Waals surface area contributed by atoms with E-state index in [0.29, 0.717) is 26.9 Å². The second kappa shape index (κ2) is 10.6. The third kappa shape index (κ3) is 5.20. The Morgan fingerprint density at radius 3 is 2.25 bits per heavy atom. The molecule has 0 aliphatic rings. The van der Waals surface area contributed by atoms with Crippen molar-refractivity contribution in [2.24, 2.45) is 0 Å². The number of hydrogen-bond acceptors (Lipinski definition) is 5. The molecule has 186 valence electrons. The first-order chi connectivity index (χ1) is 17.2. The summed E-state index contributed by atoms with van der Waals surface area (Å²) in [6.07, 6.45) is 0. The summed E-state index contributed by atoms with van der Waals surface area (Å²) < 4.78 is 43.0. The van der Waals surface area contributed by atoms with Crippen molar-refractivity contribution in [3.8, 4) is 16.9 Å². The Labute approximate surface area is 216 Å². The van der Waals surface area contributed by atoms with Gasteiger partial charge < -0.3 is 9.47 Å². The zero-order valence-electron chi connectivity index (χ0n) is 19.3. The van der Waals surface area contributed by atoms with E-state index in [2.05, 4.69) is 10.3 Å². The summed E-state index contributed by atoms with van der Waals surface area (Å²) >= 11 is 12.1. The van der Waals surface area contributed by atoms with Gasteiger partial charge in [0.05, 0.1) is 30.3 Å². The lowest BCUT2D eigenvalue weighted by atomic mass is 9.99. The van der Waals surface area contributed by atoms with Gasteiger partial charge in [0, 0.05) is 5.56 Å². The first-order valence-electron chi connectivity index (χ1n) is 10.9. The third-order valence-corrected chi connectivity index (χ3v) is 6.23. The Bertz CT molecular complexity index is 1370. The molecule has 1 heterocycles. The van der Waals surface area contributed by atoms with Crippen LogP contribution in [0.25, 0.3) is 11.1 Å². The Kier molecular flexibility index (Phi) is 7.56. The number of ether oxygens (including phenoxy) is 2. The molecule has 0 amide bonds. The molecule has 0 fully saturated rings. The number of methoxy groups -OCH3 is 1. The molecule has 6 nitrogen and oxygen atoms in total. The molecule has 0 radical (unpaired) electrons. The molecule has 0 aliphatic heterocycles. The van der Waals surface area contributed by atoms with Gasteiger partial charge in [-0.25, -0.2) is 9.48 Å². The number of carbonyl (C=O) groups is 1. The number of carbonyl (C=O) groups excluding carboxylic acids is 1. The number of alkyl halides is 2. The Hall–Kier alpha value is -3.49. The molecule has 36 heavy (non-hydrogen) atoms. The summed E-state index contributed by atoms with van der Waals surface area (Å²) in [5, 5.41) is 8.36. The zero-order chi connectivity index (χ0) is 25.9. The first kappa shape index (κ1) is 25.6. The normalized spacial score (nSPS) is 11.4. The minimum Gasteiger partial charge on any atom is -0.497 e. The summed E-state index contributed by atoms with van der Waals surface area (Å²) in [5.74, 6) is -3.95. The van der Waals surface area contributed by atoms with Crippen molar-refractivity contribution in [3.63, 3.8) is 0 Å². The van der Waals surface area contributed by atoms with E-state index in [-0.39, 0.29) is 18.7 Å². The van der Waals surface area contributed by atoms with E-state index in [1.807, 2.05) is 0 Å². The van der Waals surface area contributed by atoms with Gasteiger partial charge in [-0.3, -0.25) is 0 Å². The van der Waals surface area contributed by atoms with Crippen LogP contribution in [0.1, 0.15) is 34.2 Å². The predicted molar refractivity (Wildman–Crippen MR) is 133 cm³/mol. The smallest absolute Gasteiger partial charge is 0.361 e. The van der Waals surface area contributed by atoms with Crippen molar-refractivity contribution in [3.05, 3.63) is 99.3 Å². The van der Waals surface area contributed by atoms with Gasteiger partial charge in [-0.2, -0.15) is 8.78 Å². The van der Waals surface area contributed by atoms with Crippen LogP contribution in [0.5, 0.6) is 5.75 Å². The monoisotopic (exact) mass is 531 g/mol. The predicted octanol–water partition coefficient (Wildman–Crippen LogP) is 6.63. The molecule has 0 N–H and O–H groups in total. The molecule has 4 rings (SSSR count). The summed E-state index contributed by atoms with van der Waals surface area (Å²) in [6.45, 7) is 1.55. The molecule has 1 aromatic heterocycles. The maximum absolute atomic E-state index is 15.9. The maximum atomic E-state index is 15.9. The van der Waals surface area contributed by atoms with Gasteiger partial charge in [0.25, 0.3) is 0 Å².